The van der Waals surface area contributed by atoms with E-state index in [1.54, 1.807) is 0 Å². The minimum Gasteiger partial charge on any atom is -0.445 e. The van der Waals surface area contributed by atoms with Gasteiger partial charge < -0.3 is 4.74 Å². The molecule has 30 heavy (non-hydrogen) atoms. The van der Waals surface area contributed by atoms with E-state index in [0.29, 0.717) is 6.61 Å². The molecule has 1 saturated carbocycles. The van der Waals surface area contributed by atoms with Gasteiger partial charge >= 0.3 is 6.09 Å². The summed E-state index contributed by atoms with van der Waals surface area (Å²) in [6.45, 7) is 0.310. The summed E-state index contributed by atoms with van der Waals surface area (Å²) in [5.41, 5.74) is 4.37. The van der Waals surface area contributed by atoms with Gasteiger partial charge in [0.05, 0.1) is 17.5 Å². The van der Waals surface area contributed by atoms with Gasteiger partial charge in [0.1, 0.15) is 6.61 Å². The number of ether oxygens (including phenoxy) is 1. The van der Waals surface area contributed by atoms with Gasteiger partial charge in [-0.05, 0) is 66.9 Å². The molecule has 2 fully saturated rings. The third-order valence-corrected chi connectivity index (χ3v) is 6.80. The van der Waals surface area contributed by atoms with Crippen LogP contribution in [0.2, 0.25) is 0 Å². The molecule has 152 valence electrons. The molecule has 2 aromatic carbocycles. The molecule has 2 bridgehead atoms. The predicted octanol–water partition coefficient (Wildman–Crippen LogP) is 5.59. The number of piperidine rings is 1. The zero-order chi connectivity index (χ0) is 20.6. The van der Waals surface area contributed by atoms with E-state index in [0.717, 1.165) is 49.7 Å². The van der Waals surface area contributed by atoms with Crippen molar-refractivity contribution in [2.45, 2.75) is 62.6 Å². The fourth-order valence-electron chi connectivity index (χ4n) is 4.93. The summed E-state index contributed by atoms with van der Waals surface area (Å²) in [4.78, 5) is 14.9. The van der Waals surface area contributed by atoms with Gasteiger partial charge in [-0.3, -0.25) is 4.90 Å². The third-order valence-electron chi connectivity index (χ3n) is 6.80. The zero-order valence-corrected chi connectivity index (χ0v) is 17.1. The van der Waals surface area contributed by atoms with Crippen molar-refractivity contribution in [2.75, 3.05) is 0 Å². The summed E-state index contributed by atoms with van der Waals surface area (Å²) in [6, 6.07) is 21.1. The van der Waals surface area contributed by atoms with Crippen LogP contribution >= 0.6 is 0 Å². The van der Waals surface area contributed by atoms with E-state index in [1.807, 2.05) is 35.2 Å². The summed E-state index contributed by atoms with van der Waals surface area (Å²) in [7, 11) is 0. The second-order valence-corrected chi connectivity index (χ2v) is 8.77. The normalized spacial score (nSPS) is 23.8. The molecular formula is C26H26N2O2. The van der Waals surface area contributed by atoms with Crippen LogP contribution < -0.4 is 0 Å². The molecule has 2 heterocycles. The molecule has 2 atom stereocenters. The van der Waals surface area contributed by atoms with Crippen LogP contribution in [0.25, 0.3) is 5.57 Å². The zero-order valence-electron chi connectivity index (χ0n) is 17.1. The topological polar surface area (TPSA) is 53.3 Å². The van der Waals surface area contributed by atoms with E-state index in [1.165, 1.54) is 11.1 Å². The van der Waals surface area contributed by atoms with Gasteiger partial charge in [0.15, 0.2) is 0 Å². The first-order chi connectivity index (χ1) is 14.7. The first-order valence-corrected chi connectivity index (χ1v) is 10.9. The first-order valence-electron chi connectivity index (χ1n) is 10.9. The Morgan fingerprint density at radius 2 is 1.97 bits per heavy atom. The van der Waals surface area contributed by atoms with Crippen molar-refractivity contribution in [3.63, 3.8) is 0 Å². The van der Waals surface area contributed by atoms with Crippen LogP contribution in [0.15, 0.2) is 60.7 Å². The second-order valence-electron chi connectivity index (χ2n) is 8.77. The fraction of sp³-hybridized carbons (Fsp3) is 0.385. The number of fused-ring (bicyclic) bond motifs is 2. The summed E-state index contributed by atoms with van der Waals surface area (Å²) in [5.74, 6) is 0. The van der Waals surface area contributed by atoms with Crippen molar-refractivity contribution >= 4 is 11.7 Å². The molecule has 0 aromatic heterocycles. The van der Waals surface area contributed by atoms with E-state index in [-0.39, 0.29) is 23.6 Å². The standard InChI is InChI=1S/C26H26N2O2/c27-18-26(12-13-26)22-9-4-8-20(14-22)21-15-23-10-5-11-24(16-21)28(23)25(29)30-17-19-6-2-1-3-7-19/h1-4,6-9,14-15,23-24H,5,10-13,16-17H2. The van der Waals surface area contributed by atoms with Crippen molar-refractivity contribution in [1.29, 1.82) is 5.26 Å². The molecular weight excluding hydrogens is 372 g/mol. The summed E-state index contributed by atoms with van der Waals surface area (Å²) < 4.78 is 5.65. The molecule has 0 radical (unpaired) electrons. The minimum atomic E-state index is -0.269. The lowest BCUT2D eigenvalue weighted by Gasteiger charge is -2.44. The number of hydrogen-bond acceptors (Lipinski definition) is 3. The highest BCUT2D eigenvalue weighted by Gasteiger charge is 2.45. The van der Waals surface area contributed by atoms with Crippen molar-refractivity contribution < 1.29 is 9.53 Å². The largest absolute Gasteiger partial charge is 0.445 e. The SMILES string of the molecule is N#CC1(c2cccc(C3=CC4CCCC(C3)N4C(=O)OCc3ccccc3)c2)CC1. The van der Waals surface area contributed by atoms with Crippen LogP contribution in [0.5, 0.6) is 0 Å². The molecule has 4 nitrogen and oxygen atoms in total. The Morgan fingerprint density at radius 1 is 1.13 bits per heavy atom. The maximum Gasteiger partial charge on any atom is 0.410 e. The Kier molecular flexibility index (Phi) is 4.83. The number of nitriles is 1. The Balaban J connectivity index is 1.35. The number of amides is 1. The molecule has 2 aliphatic heterocycles. The lowest BCUT2D eigenvalue weighted by molar-refractivity contribution is 0.0510. The quantitative estimate of drug-likeness (QED) is 0.675. The highest BCUT2D eigenvalue weighted by molar-refractivity contribution is 5.75. The van der Waals surface area contributed by atoms with Gasteiger partial charge in [-0.1, -0.05) is 54.6 Å². The van der Waals surface area contributed by atoms with Crippen LogP contribution in [-0.4, -0.2) is 23.1 Å². The van der Waals surface area contributed by atoms with Crippen molar-refractivity contribution in [1.82, 2.24) is 4.90 Å². The molecule has 2 unspecified atom stereocenters. The van der Waals surface area contributed by atoms with Crippen molar-refractivity contribution in [3.8, 4) is 6.07 Å². The van der Waals surface area contributed by atoms with E-state index in [2.05, 4.69) is 36.4 Å². The van der Waals surface area contributed by atoms with Gasteiger partial charge in [-0.15, -0.1) is 0 Å². The van der Waals surface area contributed by atoms with E-state index in [4.69, 9.17) is 4.74 Å². The number of rotatable bonds is 4. The van der Waals surface area contributed by atoms with Crippen molar-refractivity contribution in [3.05, 3.63) is 77.4 Å². The lowest BCUT2D eigenvalue weighted by atomic mass is 9.82. The van der Waals surface area contributed by atoms with E-state index in [9.17, 15) is 10.1 Å². The number of nitrogens with zero attached hydrogens (tertiary/aromatic N) is 2. The molecule has 4 heteroatoms. The van der Waals surface area contributed by atoms with Gasteiger partial charge in [-0.25, -0.2) is 4.79 Å². The van der Waals surface area contributed by atoms with Gasteiger partial charge in [0, 0.05) is 6.04 Å². The van der Waals surface area contributed by atoms with Gasteiger partial charge in [0.2, 0.25) is 0 Å². The molecule has 2 aromatic rings. The maximum atomic E-state index is 12.9. The number of carbonyl (C=O) groups is 1. The number of benzene rings is 2. The van der Waals surface area contributed by atoms with E-state index < -0.39 is 0 Å². The monoisotopic (exact) mass is 398 g/mol. The van der Waals surface area contributed by atoms with Crippen molar-refractivity contribution in [2.24, 2.45) is 0 Å². The Hall–Kier alpha value is -3.06. The van der Waals surface area contributed by atoms with Crippen LogP contribution in [0.3, 0.4) is 0 Å². The molecule has 0 spiro atoms. The average molecular weight is 399 g/mol. The highest BCUT2D eigenvalue weighted by atomic mass is 16.6. The molecule has 5 rings (SSSR count). The Labute approximate surface area is 177 Å². The second kappa shape index (κ2) is 7.65. The van der Waals surface area contributed by atoms with Crippen LogP contribution in [0.4, 0.5) is 4.79 Å². The van der Waals surface area contributed by atoms with E-state index >= 15 is 0 Å². The highest BCUT2D eigenvalue weighted by Crippen LogP contribution is 2.48. The summed E-state index contributed by atoms with van der Waals surface area (Å²) in [5, 5.41) is 9.55. The van der Waals surface area contributed by atoms with Gasteiger partial charge in [-0.2, -0.15) is 5.26 Å². The predicted molar refractivity (Wildman–Crippen MR) is 115 cm³/mol. The van der Waals surface area contributed by atoms with Crippen LogP contribution in [-0.2, 0) is 16.8 Å². The molecule has 0 N–H and O–H groups in total. The van der Waals surface area contributed by atoms with Crippen LogP contribution in [0, 0.1) is 11.3 Å². The first kappa shape index (κ1) is 18.9. The minimum absolute atomic E-state index is 0.0882. The summed E-state index contributed by atoms with van der Waals surface area (Å²) in [6.07, 6.45) is 7.93. The number of hydrogen-bond donors (Lipinski definition) is 0. The molecule has 1 saturated heterocycles. The smallest absolute Gasteiger partial charge is 0.410 e. The molecule has 1 amide bonds. The van der Waals surface area contributed by atoms with Crippen LogP contribution in [0.1, 0.15) is 55.2 Å². The molecule has 3 aliphatic rings. The lowest BCUT2D eigenvalue weighted by Crippen LogP contribution is -2.51. The third kappa shape index (κ3) is 3.50. The fourth-order valence-corrected chi connectivity index (χ4v) is 4.93. The number of carbonyl (C=O) groups excluding carboxylic acids is 1. The van der Waals surface area contributed by atoms with Gasteiger partial charge in [0.25, 0.3) is 0 Å². The Morgan fingerprint density at radius 3 is 2.70 bits per heavy atom. The maximum absolute atomic E-state index is 12.9. The molecule has 1 aliphatic carbocycles. The average Bonchev–Trinajstić information content (AvgIpc) is 3.59. The Bertz CT molecular complexity index is 1020. The summed E-state index contributed by atoms with van der Waals surface area (Å²) >= 11 is 0.